The molecule has 0 saturated heterocycles. The Labute approximate surface area is 143 Å². The van der Waals surface area contributed by atoms with Crippen molar-refractivity contribution in [2.45, 2.75) is 32.6 Å². The second kappa shape index (κ2) is 9.42. The summed E-state index contributed by atoms with van der Waals surface area (Å²) in [6.07, 6.45) is 3.21. The molecule has 2 rings (SSSR count). The van der Waals surface area contributed by atoms with E-state index in [4.69, 9.17) is 4.74 Å². The lowest BCUT2D eigenvalue weighted by molar-refractivity contribution is -0.147. The van der Waals surface area contributed by atoms with Crippen LogP contribution in [-0.4, -0.2) is 30.0 Å². The number of thiazole rings is 1. The van der Waals surface area contributed by atoms with E-state index in [0.717, 1.165) is 29.8 Å². The van der Waals surface area contributed by atoms with Gasteiger partial charge in [-0.1, -0.05) is 19.8 Å². The van der Waals surface area contributed by atoms with Crippen LogP contribution >= 0.6 is 22.7 Å². The maximum atomic E-state index is 11.8. The van der Waals surface area contributed by atoms with Crippen LogP contribution < -0.4 is 5.32 Å². The van der Waals surface area contributed by atoms with Crippen molar-refractivity contribution in [2.75, 3.05) is 13.2 Å². The topological polar surface area (TPSA) is 68.3 Å². The predicted octanol–water partition coefficient (Wildman–Crippen LogP) is 3.26. The molecule has 0 fully saturated rings. The predicted molar refractivity (Wildman–Crippen MR) is 92.6 cm³/mol. The first-order valence-corrected chi connectivity index (χ1v) is 9.40. The highest BCUT2D eigenvalue weighted by Crippen LogP contribution is 2.25. The number of carbonyl (C=O) groups excluding carboxylic acids is 2. The first-order chi connectivity index (χ1) is 11.2. The van der Waals surface area contributed by atoms with Crippen LogP contribution in [0.25, 0.3) is 10.6 Å². The molecule has 0 atom stereocenters. The van der Waals surface area contributed by atoms with Gasteiger partial charge in [-0.25, -0.2) is 4.98 Å². The molecule has 124 valence electrons. The molecule has 5 nitrogen and oxygen atoms in total. The number of amides is 1. The fourth-order valence-corrected chi connectivity index (χ4v) is 3.44. The van der Waals surface area contributed by atoms with Gasteiger partial charge in [-0.15, -0.1) is 11.3 Å². The van der Waals surface area contributed by atoms with Gasteiger partial charge in [-0.2, -0.15) is 11.3 Å². The smallest absolute Gasteiger partial charge is 0.312 e. The van der Waals surface area contributed by atoms with Crippen LogP contribution in [-0.2, 0) is 20.7 Å². The summed E-state index contributed by atoms with van der Waals surface area (Å²) in [4.78, 5) is 27.7. The second-order valence-electron chi connectivity index (χ2n) is 5.05. The Morgan fingerprint density at radius 1 is 1.30 bits per heavy atom. The van der Waals surface area contributed by atoms with Gasteiger partial charge in [0.15, 0.2) is 6.61 Å². The van der Waals surface area contributed by atoms with Crippen LogP contribution in [0.1, 0.15) is 31.9 Å². The number of nitrogens with one attached hydrogen (secondary N) is 1. The molecule has 0 aromatic carbocycles. The Kier molecular flexibility index (Phi) is 7.22. The van der Waals surface area contributed by atoms with E-state index in [1.807, 2.05) is 22.2 Å². The van der Waals surface area contributed by atoms with Crippen molar-refractivity contribution in [1.82, 2.24) is 10.3 Å². The van der Waals surface area contributed by atoms with Gasteiger partial charge in [0.2, 0.25) is 0 Å². The number of carbonyl (C=O) groups is 2. The van der Waals surface area contributed by atoms with Gasteiger partial charge in [-0.3, -0.25) is 9.59 Å². The number of hydrogen-bond acceptors (Lipinski definition) is 6. The first kappa shape index (κ1) is 17.6. The Balaban J connectivity index is 1.70. The molecule has 2 aromatic heterocycles. The lowest BCUT2D eigenvalue weighted by Crippen LogP contribution is -2.29. The number of esters is 1. The number of rotatable bonds is 9. The van der Waals surface area contributed by atoms with E-state index in [9.17, 15) is 9.59 Å². The van der Waals surface area contributed by atoms with Crippen molar-refractivity contribution in [3.05, 3.63) is 27.9 Å². The third-order valence-electron chi connectivity index (χ3n) is 3.11. The molecule has 0 radical (unpaired) electrons. The van der Waals surface area contributed by atoms with E-state index < -0.39 is 5.97 Å². The number of nitrogens with zero attached hydrogens (tertiary/aromatic N) is 1. The van der Waals surface area contributed by atoms with E-state index in [1.165, 1.54) is 11.3 Å². The van der Waals surface area contributed by atoms with Crippen molar-refractivity contribution in [2.24, 2.45) is 0 Å². The number of aromatic nitrogens is 1. The van der Waals surface area contributed by atoms with E-state index in [0.29, 0.717) is 12.2 Å². The van der Waals surface area contributed by atoms with Crippen molar-refractivity contribution < 1.29 is 14.3 Å². The molecule has 0 spiro atoms. The minimum atomic E-state index is -0.434. The van der Waals surface area contributed by atoms with E-state index >= 15 is 0 Å². The molecule has 0 aliphatic carbocycles. The fourth-order valence-electron chi connectivity index (χ4n) is 1.91. The standard InChI is InChI=1S/C16H20N2O3S2/c1-2-3-4-6-17-14(19)9-21-15(20)8-13-11-23-16(18-13)12-5-7-22-10-12/h5,7,10-11H,2-4,6,8-9H2,1H3,(H,17,19). The lowest BCUT2D eigenvalue weighted by atomic mass is 10.2. The Hall–Kier alpha value is -1.73. The average molecular weight is 352 g/mol. The van der Waals surface area contributed by atoms with Crippen LogP contribution in [0.3, 0.4) is 0 Å². The molecular weight excluding hydrogens is 332 g/mol. The molecular formula is C16H20N2O3S2. The molecule has 0 bridgehead atoms. The molecule has 1 N–H and O–H groups in total. The summed E-state index contributed by atoms with van der Waals surface area (Å²) in [5.74, 6) is -0.692. The van der Waals surface area contributed by atoms with Crippen molar-refractivity contribution in [3.63, 3.8) is 0 Å². The van der Waals surface area contributed by atoms with E-state index in [2.05, 4.69) is 17.2 Å². The summed E-state index contributed by atoms with van der Waals surface area (Å²) in [5.41, 5.74) is 1.73. The van der Waals surface area contributed by atoms with Gasteiger partial charge in [0, 0.05) is 22.9 Å². The molecule has 0 aliphatic heterocycles. The molecule has 23 heavy (non-hydrogen) atoms. The van der Waals surface area contributed by atoms with Crippen molar-refractivity contribution in [3.8, 4) is 10.6 Å². The summed E-state index contributed by atoms with van der Waals surface area (Å²) in [6.45, 7) is 2.50. The van der Waals surface area contributed by atoms with Crippen LogP contribution in [0.4, 0.5) is 0 Å². The average Bonchev–Trinajstić information content (AvgIpc) is 3.20. The summed E-state index contributed by atoms with van der Waals surface area (Å²) in [7, 11) is 0. The number of hydrogen-bond donors (Lipinski definition) is 1. The Morgan fingerprint density at radius 3 is 2.91 bits per heavy atom. The van der Waals surface area contributed by atoms with Crippen LogP contribution in [0.5, 0.6) is 0 Å². The normalized spacial score (nSPS) is 10.5. The fraction of sp³-hybridized carbons (Fsp3) is 0.438. The molecule has 2 heterocycles. The zero-order valence-electron chi connectivity index (χ0n) is 13.0. The zero-order chi connectivity index (χ0) is 16.5. The van der Waals surface area contributed by atoms with Gasteiger partial charge < -0.3 is 10.1 Å². The third-order valence-corrected chi connectivity index (χ3v) is 4.74. The molecule has 1 amide bonds. The largest absolute Gasteiger partial charge is 0.455 e. The summed E-state index contributed by atoms with van der Waals surface area (Å²) in [5, 5.41) is 9.48. The zero-order valence-corrected chi connectivity index (χ0v) is 14.7. The second-order valence-corrected chi connectivity index (χ2v) is 6.69. The molecule has 7 heteroatoms. The minimum Gasteiger partial charge on any atom is -0.455 e. The molecule has 0 saturated carbocycles. The van der Waals surface area contributed by atoms with Gasteiger partial charge in [0.25, 0.3) is 5.91 Å². The third kappa shape index (κ3) is 6.11. The van der Waals surface area contributed by atoms with Crippen LogP contribution in [0, 0.1) is 0 Å². The Bertz CT molecular complexity index is 623. The van der Waals surface area contributed by atoms with Gasteiger partial charge >= 0.3 is 5.97 Å². The minimum absolute atomic E-state index is 0.0871. The first-order valence-electron chi connectivity index (χ1n) is 7.58. The monoisotopic (exact) mass is 352 g/mol. The van der Waals surface area contributed by atoms with Gasteiger partial charge in [0.1, 0.15) is 5.01 Å². The lowest BCUT2D eigenvalue weighted by Gasteiger charge is -2.05. The SMILES string of the molecule is CCCCCNC(=O)COC(=O)Cc1csc(-c2ccsc2)n1. The van der Waals surface area contributed by atoms with Gasteiger partial charge in [-0.05, 0) is 17.9 Å². The molecule has 0 unspecified atom stereocenters. The summed E-state index contributed by atoms with van der Waals surface area (Å²) >= 11 is 3.11. The number of thiophene rings is 1. The van der Waals surface area contributed by atoms with Crippen molar-refractivity contribution >= 4 is 34.6 Å². The maximum absolute atomic E-state index is 11.8. The molecule has 2 aromatic rings. The highest BCUT2D eigenvalue weighted by molar-refractivity contribution is 7.14. The highest BCUT2D eigenvalue weighted by Gasteiger charge is 2.12. The number of ether oxygens (including phenoxy) is 1. The quantitative estimate of drug-likeness (QED) is 0.555. The van der Waals surface area contributed by atoms with E-state index in [1.54, 1.807) is 11.3 Å². The van der Waals surface area contributed by atoms with Crippen LogP contribution in [0.15, 0.2) is 22.2 Å². The van der Waals surface area contributed by atoms with Gasteiger partial charge in [0.05, 0.1) is 12.1 Å². The van der Waals surface area contributed by atoms with E-state index in [-0.39, 0.29) is 18.9 Å². The van der Waals surface area contributed by atoms with Crippen LogP contribution in [0.2, 0.25) is 0 Å². The molecule has 0 aliphatic rings. The highest BCUT2D eigenvalue weighted by atomic mass is 32.1. The maximum Gasteiger partial charge on any atom is 0.312 e. The summed E-state index contributed by atoms with van der Waals surface area (Å²) in [6, 6.07) is 1.99. The Morgan fingerprint density at radius 2 is 2.17 bits per heavy atom. The number of unbranched alkanes of at least 4 members (excludes halogenated alkanes) is 2. The summed E-state index contributed by atoms with van der Waals surface area (Å²) < 4.78 is 4.98. The van der Waals surface area contributed by atoms with Crippen molar-refractivity contribution in [1.29, 1.82) is 0 Å².